The minimum Gasteiger partial charge on any atom is -0.372 e. The van der Waals surface area contributed by atoms with Gasteiger partial charge in [-0.1, -0.05) is 0 Å². The van der Waals surface area contributed by atoms with Gasteiger partial charge < -0.3 is 10.5 Å². The zero-order valence-electron chi connectivity index (χ0n) is 7.41. The molecule has 0 unspecified atom stereocenters. The van der Waals surface area contributed by atoms with Crippen LogP contribution < -0.4 is 5.73 Å². The van der Waals surface area contributed by atoms with Gasteiger partial charge in [0.25, 0.3) is 0 Å². The van der Waals surface area contributed by atoms with Crippen LogP contribution >= 0.6 is 11.3 Å². The van der Waals surface area contributed by atoms with Gasteiger partial charge in [-0.05, 0) is 13.8 Å². The fourth-order valence-corrected chi connectivity index (χ4v) is 1.76. The smallest absolute Gasteiger partial charge is 0.122 e. The summed E-state index contributed by atoms with van der Waals surface area (Å²) in [6, 6.07) is 0. The van der Waals surface area contributed by atoms with Crippen molar-refractivity contribution >= 4 is 11.3 Å². The van der Waals surface area contributed by atoms with E-state index in [2.05, 4.69) is 4.98 Å². The SMILES string of the molecule is CCO[C@H](C)c1nc(CN)cs1. The number of nitrogens with zero attached hydrogens (tertiary/aromatic N) is 1. The predicted octanol–water partition coefficient (Wildman–Crippen LogP) is 1.70. The van der Waals surface area contributed by atoms with Crippen molar-refractivity contribution < 1.29 is 4.74 Å². The molecule has 0 saturated carbocycles. The molecule has 12 heavy (non-hydrogen) atoms. The highest BCUT2D eigenvalue weighted by atomic mass is 32.1. The molecular weight excluding hydrogens is 172 g/mol. The Bertz CT molecular complexity index is 237. The maximum Gasteiger partial charge on any atom is 0.122 e. The third-order valence-corrected chi connectivity index (χ3v) is 2.60. The van der Waals surface area contributed by atoms with Gasteiger partial charge in [-0.25, -0.2) is 4.98 Å². The van der Waals surface area contributed by atoms with Crippen LogP contribution in [0.4, 0.5) is 0 Å². The summed E-state index contributed by atoms with van der Waals surface area (Å²) in [7, 11) is 0. The summed E-state index contributed by atoms with van der Waals surface area (Å²) in [6.07, 6.45) is 0.0975. The number of thiazole rings is 1. The van der Waals surface area contributed by atoms with Gasteiger partial charge in [0.1, 0.15) is 11.1 Å². The van der Waals surface area contributed by atoms with E-state index in [1.165, 1.54) is 0 Å². The fraction of sp³-hybridized carbons (Fsp3) is 0.625. The zero-order chi connectivity index (χ0) is 8.97. The molecule has 3 nitrogen and oxygen atoms in total. The van der Waals surface area contributed by atoms with Crippen molar-refractivity contribution in [3.63, 3.8) is 0 Å². The first-order valence-electron chi connectivity index (χ1n) is 4.04. The highest BCUT2D eigenvalue weighted by Gasteiger charge is 2.08. The lowest BCUT2D eigenvalue weighted by Gasteiger charge is -2.06. The largest absolute Gasteiger partial charge is 0.372 e. The first-order chi connectivity index (χ1) is 5.77. The molecule has 0 saturated heterocycles. The molecule has 0 aliphatic rings. The molecule has 1 aromatic rings. The predicted molar refractivity (Wildman–Crippen MR) is 50.0 cm³/mol. The standard InChI is InChI=1S/C8H14N2OS/c1-3-11-6(2)8-10-7(4-9)5-12-8/h5-6H,3-4,9H2,1-2H3/t6-/m1/s1. The van der Waals surface area contributed by atoms with Crippen LogP contribution in [0.15, 0.2) is 5.38 Å². The Labute approximate surface area is 76.6 Å². The summed E-state index contributed by atoms with van der Waals surface area (Å²) in [5.74, 6) is 0. The van der Waals surface area contributed by atoms with Gasteiger partial charge in [0.05, 0.1) is 5.69 Å². The molecule has 1 rings (SSSR count). The van der Waals surface area contributed by atoms with Crippen LogP contribution in [0.3, 0.4) is 0 Å². The van der Waals surface area contributed by atoms with Crippen LogP contribution in [0.5, 0.6) is 0 Å². The average molecular weight is 186 g/mol. The fourth-order valence-electron chi connectivity index (χ4n) is 0.924. The van der Waals surface area contributed by atoms with Gasteiger partial charge in [-0.15, -0.1) is 11.3 Å². The summed E-state index contributed by atoms with van der Waals surface area (Å²) in [5.41, 5.74) is 6.39. The van der Waals surface area contributed by atoms with E-state index in [1.54, 1.807) is 11.3 Å². The van der Waals surface area contributed by atoms with E-state index < -0.39 is 0 Å². The van der Waals surface area contributed by atoms with Crippen LogP contribution in [0.25, 0.3) is 0 Å². The monoisotopic (exact) mass is 186 g/mol. The number of hydrogen-bond acceptors (Lipinski definition) is 4. The highest BCUT2D eigenvalue weighted by Crippen LogP contribution is 2.20. The molecule has 0 aromatic carbocycles. The Kier molecular flexibility index (Phi) is 3.65. The lowest BCUT2D eigenvalue weighted by molar-refractivity contribution is 0.0761. The van der Waals surface area contributed by atoms with Crippen molar-refractivity contribution in [1.82, 2.24) is 4.98 Å². The molecule has 0 fully saturated rings. The Morgan fingerprint density at radius 2 is 2.50 bits per heavy atom. The van der Waals surface area contributed by atoms with Crippen LogP contribution in [0.2, 0.25) is 0 Å². The Hall–Kier alpha value is -0.450. The summed E-state index contributed by atoms with van der Waals surface area (Å²) < 4.78 is 5.39. The van der Waals surface area contributed by atoms with E-state index in [4.69, 9.17) is 10.5 Å². The van der Waals surface area contributed by atoms with Gasteiger partial charge in [-0.2, -0.15) is 0 Å². The van der Waals surface area contributed by atoms with Crippen molar-refractivity contribution in [3.8, 4) is 0 Å². The molecule has 0 aliphatic heterocycles. The summed E-state index contributed by atoms with van der Waals surface area (Å²) >= 11 is 1.61. The van der Waals surface area contributed by atoms with Crippen LogP contribution in [-0.4, -0.2) is 11.6 Å². The second-order valence-corrected chi connectivity index (χ2v) is 3.37. The van der Waals surface area contributed by atoms with E-state index in [0.717, 1.165) is 17.3 Å². The van der Waals surface area contributed by atoms with Crippen molar-refractivity contribution in [3.05, 3.63) is 16.1 Å². The zero-order valence-corrected chi connectivity index (χ0v) is 8.23. The molecule has 1 aromatic heterocycles. The summed E-state index contributed by atoms with van der Waals surface area (Å²) in [6.45, 7) is 5.21. The minimum atomic E-state index is 0.0975. The van der Waals surface area contributed by atoms with Crippen molar-refractivity contribution in [1.29, 1.82) is 0 Å². The number of nitrogens with two attached hydrogens (primary N) is 1. The third-order valence-electron chi connectivity index (χ3n) is 1.54. The second kappa shape index (κ2) is 4.54. The van der Waals surface area contributed by atoms with E-state index in [0.29, 0.717) is 6.54 Å². The Morgan fingerprint density at radius 3 is 3.00 bits per heavy atom. The number of rotatable bonds is 4. The molecule has 0 aliphatic carbocycles. The van der Waals surface area contributed by atoms with Crippen molar-refractivity contribution in [2.45, 2.75) is 26.5 Å². The molecule has 68 valence electrons. The van der Waals surface area contributed by atoms with Crippen molar-refractivity contribution in [2.24, 2.45) is 5.73 Å². The first-order valence-corrected chi connectivity index (χ1v) is 4.91. The van der Waals surface area contributed by atoms with Gasteiger partial charge in [0.15, 0.2) is 0 Å². The molecule has 1 heterocycles. The lowest BCUT2D eigenvalue weighted by atomic mass is 10.4. The van der Waals surface area contributed by atoms with Gasteiger partial charge in [0, 0.05) is 18.5 Å². The molecule has 0 bridgehead atoms. The summed E-state index contributed by atoms with van der Waals surface area (Å²) in [5, 5.41) is 2.99. The highest BCUT2D eigenvalue weighted by molar-refractivity contribution is 7.09. The molecule has 0 spiro atoms. The molecular formula is C8H14N2OS. The Morgan fingerprint density at radius 1 is 1.75 bits per heavy atom. The average Bonchev–Trinajstić information content (AvgIpc) is 2.52. The van der Waals surface area contributed by atoms with E-state index >= 15 is 0 Å². The van der Waals surface area contributed by atoms with Gasteiger partial charge in [-0.3, -0.25) is 0 Å². The number of aromatic nitrogens is 1. The molecule has 2 N–H and O–H groups in total. The van der Waals surface area contributed by atoms with Gasteiger partial charge >= 0.3 is 0 Å². The first kappa shape index (κ1) is 9.64. The maximum atomic E-state index is 5.44. The van der Waals surface area contributed by atoms with E-state index in [-0.39, 0.29) is 6.10 Å². The van der Waals surface area contributed by atoms with Crippen LogP contribution in [-0.2, 0) is 11.3 Å². The van der Waals surface area contributed by atoms with Crippen molar-refractivity contribution in [2.75, 3.05) is 6.61 Å². The quantitative estimate of drug-likeness (QED) is 0.778. The lowest BCUT2D eigenvalue weighted by Crippen LogP contribution is -2.01. The topological polar surface area (TPSA) is 48.1 Å². The third kappa shape index (κ3) is 2.27. The van der Waals surface area contributed by atoms with Crippen LogP contribution in [0, 0.1) is 0 Å². The van der Waals surface area contributed by atoms with Crippen LogP contribution in [0.1, 0.15) is 30.7 Å². The maximum absolute atomic E-state index is 5.44. The normalized spacial score (nSPS) is 13.2. The number of ether oxygens (including phenoxy) is 1. The molecule has 0 amide bonds. The van der Waals surface area contributed by atoms with E-state index in [9.17, 15) is 0 Å². The van der Waals surface area contributed by atoms with Gasteiger partial charge in [0.2, 0.25) is 0 Å². The minimum absolute atomic E-state index is 0.0975. The Balaban J connectivity index is 2.61. The summed E-state index contributed by atoms with van der Waals surface area (Å²) in [4.78, 5) is 4.32. The van der Waals surface area contributed by atoms with E-state index in [1.807, 2.05) is 19.2 Å². The molecule has 0 radical (unpaired) electrons. The number of hydrogen-bond donors (Lipinski definition) is 1. The molecule has 4 heteroatoms. The molecule has 1 atom stereocenters. The second-order valence-electron chi connectivity index (χ2n) is 2.48.